The Kier molecular flexibility index (Phi) is 15.7. The number of phenolic OH excluding ortho intramolecular Hbond substituents is 1. The third-order valence-electron chi connectivity index (χ3n) is 8.25. The number of unbranched alkanes of at least 4 members (excludes halogenated alkanes) is 12. The summed E-state index contributed by atoms with van der Waals surface area (Å²) in [5.41, 5.74) is 2.96. The number of aromatic hydroxyl groups is 1. The van der Waals surface area contributed by atoms with E-state index >= 15 is 0 Å². The smallest absolute Gasteiger partial charge is 0.306 e. The zero-order valence-electron chi connectivity index (χ0n) is 26.4. The van der Waals surface area contributed by atoms with Crippen molar-refractivity contribution in [1.29, 1.82) is 0 Å². The Hall–Kier alpha value is -1.51. The monoisotopic (exact) mass is 530 g/mol. The summed E-state index contributed by atoms with van der Waals surface area (Å²) in [4.78, 5) is 11.5. The first-order valence-electron chi connectivity index (χ1n) is 15.9. The van der Waals surface area contributed by atoms with Crippen molar-refractivity contribution in [1.82, 2.24) is 0 Å². The molecule has 0 saturated heterocycles. The molecule has 0 fully saturated rings. The van der Waals surface area contributed by atoms with Crippen LogP contribution in [-0.2, 0) is 15.6 Å². The summed E-state index contributed by atoms with van der Waals surface area (Å²) in [7, 11) is 0. The minimum absolute atomic E-state index is 0.158. The normalized spacial score (nSPS) is 14.0. The number of hydrogen-bond acceptors (Lipinski definition) is 2. The molecule has 0 aliphatic heterocycles. The second-order valence-electron chi connectivity index (χ2n) is 14.0. The van der Waals surface area contributed by atoms with Crippen molar-refractivity contribution >= 4 is 5.97 Å². The molecule has 0 bridgehead atoms. The van der Waals surface area contributed by atoms with Gasteiger partial charge in [-0.3, -0.25) is 4.79 Å². The Morgan fingerprint density at radius 3 is 1.45 bits per heavy atom. The third kappa shape index (κ3) is 13.0. The molecule has 0 aliphatic carbocycles. The van der Waals surface area contributed by atoms with E-state index in [1.54, 1.807) is 0 Å². The summed E-state index contributed by atoms with van der Waals surface area (Å²) < 4.78 is 0. The summed E-state index contributed by atoms with van der Waals surface area (Å²) >= 11 is 0. The Balaban J connectivity index is 2.75. The molecule has 0 radical (unpaired) electrons. The van der Waals surface area contributed by atoms with Crippen LogP contribution in [0.4, 0.5) is 0 Å². The maximum Gasteiger partial charge on any atom is 0.306 e. The van der Waals surface area contributed by atoms with Crippen LogP contribution in [0.3, 0.4) is 0 Å². The van der Waals surface area contributed by atoms with E-state index in [9.17, 15) is 15.0 Å². The molecule has 2 unspecified atom stereocenters. The van der Waals surface area contributed by atoms with Crippen molar-refractivity contribution in [3.8, 4) is 5.75 Å². The van der Waals surface area contributed by atoms with Crippen LogP contribution in [0.1, 0.15) is 181 Å². The van der Waals surface area contributed by atoms with Crippen molar-refractivity contribution in [2.24, 2.45) is 5.92 Å². The highest BCUT2D eigenvalue weighted by atomic mass is 16.4. The van der Waals surface area contributed by atoms with E-state index in [2.05, 4.69) is 60.6 Å². The van der Waals surface area contributed by atoms with Gasteiger partial charge in [0, 0.05) is 0 Å². The molecule has 0 aliphatic rings. The van der Waals surface area contributed by atoms with Crippen molar-refractivity contribution < 1.29 is 15.0 Å². The second-order valence-corrected chi connectivity index (χ2v) is 14.0. The number of carbonyl (C=O) groups is 1. The van der Waals surface area contributed by atoms with Crippen molar-refractivity contribution in [3.63, 3.8) is 0 Å². The summed E-state index contributed by atoms with van der Waals surface area (Å²) in [5, 5.41) is 20.6. The summed E-state index contributed by atoms with van der Waals surface area (Å²) in [6.45, 7) is 17.1. The van der Waals surface area contributed by atoms with Crippen molar-refractivity contribution in [2.45, 2.75) is 175 Å². The lowest BCUT2D eigenvalue weighted by atomic mass is 9.75. The van der Waals surface area contributed by atoms with Crippen LogP contribution >= 0.6 is 0 Å². The number of rotatable bonds is 19. The van der Waals surface area contributed by atoms with Gasteiger partial charge in [0.05, 0.1) is 5.92 Å². The maximum atomic E-state index is 11.5. The van der Waals surface area contributed by atoms with E-state index in [-0.39, 0.29) is 16.7 Å². The quantitative estimate of drug-likeness (QED) is 0.175. The molecule has 2 N–H and O–H groups in total. The van der Waals surface area contributed by atoms with Gasteiger partial charge in [-0.2, -0.15) is 0 Å². The van der Waals surface area contributed by atoms with Gasteiger partial charge in [-0.25, -0.2) is 0 Å². The Bertz CT molecular complexity index is 761. The highest BCUT2D eigenvalue weighted by Crippen LogP contribution is 2.42. The zero-order valence-corrected chi connectivity index (χ0v) is 26.4. The van der Waals surface area contributed by atoms with Crippen LogP contribution in [-0.4, -0.2) is 16.2 Å². The molecule has 2 atom stereocenters. The van der Waals surface area contributed by atoms with Crippen LogP contribution in [0.5, 0.6) is 5.75 Å². The molecule has 220 valence electrons. The predicted octanol–water partition coefficient (Wildman–Crippen LogP) is 11.1. The van der Waals surface area contributed by atoms with Gasteiger partial charge in [0.1, 0.15) is 5.75 Å². The van der Waals surface area contributed by atoms with Crippen LogP contribution < -0.4 is 0 Å². The lowest BCUT2D eigenvalue weighted by Gasteiger charge is -2.30. The van der Waals surface area contributed by atoms with Gasteiger partial charge in [0.2, 0.25) is 0 Å². The standard InChI is InChI=1S/C35H62O3/c1-9-10-11-12-13-14-15-16-17-18-19-20-21-22-28(24-23-27(2)33(37)38)29-25-30(34(3,4)5)32(36)31(26-29)35(6,7)8/h25-28,36H,9-24H2,1-8H3,(H,37,38). The number of aliphatic carboxylic acids is 1. The minimum atomic E-state index is -0.707. The van der Waals surface area contributed by atoms with Crippen LogP contribution in [0.2, 0.25) is 0 Å². The molecular weight excluding hydrogens is 468 g/mol. The average Bonchev–Trinajstić information content (AvgIpc) is 2.82. The van der Waals surface area contributed by atoms with Gasteiger partial charge in [0.25, 0.3) is 0 Å². The van der Waals surface area contributed by atoms with Gasteiger partial charge in [0.15, 0.2) is 0 Å². The zero-order chi connectivity index (χ0) is 28.8. The largest absolute Gasteiger partial charge is 0.507 e. The maximum absolute atomic E-state index is 11.5. The highest BCUT2D eigenvalue weighted by molar-refractivity contribution is 5.69. The first kappa shape index (κ1) is 34.5. The molecule has 1 aromatic rings. The van der Waals surface area contributed by atoms with Crippen molar-refractivity contribution in [2.75, 3.05) is 0 Å². The summed E-state index contributed by atoms with van der Waals surface area (Å²) in [5.74, 6) is -0.286. The second kappa shape index (κ2) is 17.2. The number of phenols is 1. The van der Waals surface area contributed by atoms with E-state index in [4.69, 9.17) is 0 Å². The van der Waals surface area contributed by atoms with Gasteiger partial charge in [-0.15, -0.1) is 0 Å². The fraction of sp³-hybridized carbons (Fsp3) is 0.800. The minimum Gasteiger partial charge on any atom is -0.507 e. The molecule has 3 nitrogen and oxygen atoms in total. The fourth-order valence-corrected chi connectivity index (χ4v) is 5.50. The summed E-state index contributed by atoms with van der Waals surface area (Å²) in [6.07, 6.45) is 20.2. The topological polar surface area (TPSA) is 57.5 Å². The molecule has 38 heavy (non-hydrogen) atoms. The molecule has 3 heteroatoms. The third-order valence-corrected chi connectivity index (χ3v) is 8.25. The molecule has 1 aromatic carbocycles. The highest BCUT2D eigenvalue weighted by Gasteiger charge is 2.28. The van der Waals surface area contributed by atoms with E-state index < -0.39 is 5.97 Å². The Morgan fingerprint density at radius 2 is 1.08 bits per heavy atom. The van der Waals surface area contributed by atoms with E-state index in [0.29, 0.717) is 18.1 Å². The van der Waals surface area contributed by atoms with Crippen LogP contribution in [0.15, 0.2) is 12.1 Å². The predicted molar refractivity (Wildman–Crippen MR) is 165 cm³/mol. The van der Waals surface area contributed by atoms with Crippen molar-refractivity contribution in [3.05, 3.63) is 28.8 Å². The van der Waals surface area contributed by atoms with Crippen LogP contribution in [0.25, 0.3) is 0 Å². The lowest BCUT2D eigenvalue weighted by molar-refractivity contribution is -0.141. The number of carboxylic acid groups (broad SMARTS) is 1. The van der Waals surface area contributed by atoms with Gasteiger partial charge >= 0.3 is 5.97 Å². The molecule has 0 heterocycles. The van der Waals surface area contributed by atoms with Gasteiger partial charge < -0.3 is 10.2 Å². The van der Waals surface area contributed by atoms with Crippen LogP contribution in [0, 0.1) is 5.92 Å². The Labute approximate surface area is 236 Å². The number of hydrogen-bond donors (Lipinski definition) is 2. The fourth-order valence-electron chi connectivity index (χ4n) is 5.50. The molecule has 0 aromatic heterocycles. The van der Waals surface area contributed by atoms with E-state index in [1.165, 1.54) is 89.0 Å². The first-order chi connectivity index (χ1) is 17.8. The average molecular weight is 531 g/mol. The summed E-state index contributed by atoms with van der Waals surface area (Å²) in [6, 6.07) is 4.42. The molecule has 0 amide bonds. The first-order valence-corrected chi connectivity index (χ1v) is 15.9. The number of carboxylic acids is 1. The molecule has 0 spiro atoms. The van der Waals surface area contributed by atoms with E-state index in [1.807, 2.05) is 6.92 Å². The SMILES string of the molecule is CCCCCCCCCCCCCCCC(CCC(C)C(=O)O)c1cc(C(C)(C)C)c(O)c(C(C)(C)C)c1. The number of benzene rings is 1. The molecular formula is C35H62O3. The molecule has 1 rings (SSSR count). The lowest BCUT2D eigenvalue weighted by Crippen LogP contribution is -2.19. The Morgan fingerprint density at radius 1 is 0.684 bits per heavy atom. The van der Waals surface area contributed by atoms with E-state index in [0.717, 1.165) is 24.0 Å². The van der Waals surface area contributed by atoms with Gasteiger partial charge in [-0.1, -0.05) is 151 Å². The van der Waals surface area contributed by atoms with Gasteiger partial charge in [-0.05, 0) is 52.7 Å². The molecule has 0 saturated carbocycles.